The van der Waals surface area contributed by atoms with Crippen molar-refractivity contribution in [3.63, 3.8) is 0 Å². The number of hydrogen-bond acceptors (Lipinski definition) is 5. The van der Waals surface area contributed by atoms with E-state index in [9.17, 15) is 9.59 Å². The Morgan fingerprint density at radius 2 is 1.80 bits per heavy atom. The molecule has 1 aromatic rings. The highest BCUT2D eigenvalue weighted by Crippen LogP contribution is 2.35. The molecule has 6 nitrogen and oxygen atoms in total. The van der Waals surface area contributed by atoms with E-state index in [0.717, 1.165) is 32.1 Å². The second-order valence-electron chi connectivity index (χ2n) is 6.15. The lowest BCUT2D eigenvalue weighted by Crippen LogP contribution is -2.42. The van der Waals surface area contributed by atoms with Crippen LogP contribution in [0.3, 0.4) is 0 Å². The number of amides is 2. The van der Waals surface area contributed by atoms with Crippen LogP contribution >= 0.6 is 11.6 Å². The fraction of sp³-hybridized carbons (Fsp3) is 0.444. The molecule has 0 radical (unpaired) electrons. The molecule has 1 aliphatic carbocycles. The van der Waals surface area contributed by atoms with Crippen molar-refractivity contribution in [1.82, 2.24) is 4.90 Å². The summed E-state index contributed by atoms with van der Waals surface area (Å²) in [5, 5.41) is 2.88. The molecule has 3 rings (SSSR count). The van der Waals surface area contributed by atoms with Crippen LogP contribution in [0, 0.1) is 0 Å². The van der Waals surface area contributed by atoms with Crippen molar-refractivity contribution >= 4 is 29.1 Å². The number of rotatable bonds is 5. The maximum atomic E-state index is 12.8. The number of imide groups is 1. The molecule has 2 aliphatic rings. The van der Waals surface area contributed by atoms with Gasteiger partial charge in [-0.3, -0.25) is 14.5 Å². The molecular weight excluding hydrogens is 344 g/mol. The number of ether oxygens (including phenoxy) is 2. The second-order valence-corrected chi connectivity index (χ2v) is 6.53. The molecule has 0 aromatic heterocycles. The van der Waals surface area contributed by atoms with Gasteiger partial charge >= 0.3 is 0 Å². The van der Waals surface area contributed by atoms with E-state index >= 15 is 0 Å². The Labute approximate surface area is 151 Å². The third-order valence-electron chi connectivity index (χ3n) is 4.66. The van der Waals surface area contributed by atoms with Crippen molar-refractivity contribution in [1.29, 1.82) is 0 Å². The van der Waals surface area contributed by atoms with E-state index in [1.54, 1.807) is 25.3 Å². The normalized spacial score (nSPS) is 18.8. The lowest BCUT2D eigenvalue weighted by molar-refractivity contribution is -0.140. The summed E-state index contributed by atoms with van der Waals surface area (Å²) in [6.45, 7) is 0. The van der Waals surface area contributed by atoms with Crippen molar-refractivity contribution < 1.29 is 19.1 Å². The van der Waals surface area contributed by atoms with Crippen LogP contribution in [0.2, 0.25) is 0 Å². The average Bonchev–Trinajstić information content (AvgIpc) is 2.85. The molecule has 1 fully saturated rings. The molecule has 134 valence electrons. The van der Waals surface area contributed by atoms with Gasteiger partial charge in [0.05, 0.1) is 19.9 Å². The number of halogens is 1. The largest absolute Gasteiger partial charge is 0.497 e. The first-order valence-electron chi connectivity index (χ1n) is 8.33. The van der Waals surface area contributed by atoms with Crippen LogP contribution in [-0.4, -0.2) is 37.0 Å². The fourth-order valence-corrected chi connectivity index (χ4v) is 3.56. The topological polar surface area (TPSA) is 67.9 Å². The predicted octanol–water partition coefficient (Wildman–Crippen LogP) is 3.27. The monoisotopic (exact) mass is 364 g/mol. The summed E-state index contributed by atoms with van der Waals surface area (Å²) in [4.78, 5) is 26.6. The first kappa shape index (κ1) is 17.6. The lowest BCUT2D eigenvalue weighted by atomic mass is 9.94. The highest BCUT2D eigenvalue weighted by atomic mass is 35.5. The molecule has 1 aliphatic heterocycles. The number of benzene rings is 1. The number of nitrogens with zero attached hydrogens (tertiary/aromatic N) is 1. The van der Waals surface area contributed by atoms with Gasteiger partial charge in [0.15, 0.2) is 0 Å². The van der Waals surface area contributed by atoms with Gasteiger partial charge in [-0.1, -0.05) is 30.9 Å². The van der Waals surface area contributed by atoms with Crippen LogP contribution < -0.4 is 14.8 Å². The van der Waals surface area contributed by atoms with Crippen LogP contribution in [0.4, 0.5) is 5.69 Å². The average molecular weight is 365 g/mol. The van der Waals surface area contributed by atoms with Crippen LogP contribution in [0.5, 0.6) is 11.5 Å². The van der Waals surface area contributed by atoms with E-state index in [1.165, 1.54) is 12.0 Å². The van der Waals surface area contributed by atoms with Gasteiger partial charge in [0, 0.05) is 12.1 Å². The Bertz CT molecular complexity index is 726. The number of carbonyl (C=O) groups excluding carboxylic acids is 2. The maximum absolute atomic E-state index is 12.8. The summed E-state index contributed by atoms with van der Waals surface area (Å²) in [5.74, 6) is 0.310. The lowest BCUT2D eigenvalue weighted by Gasteiger charge is -2.29. The predicted molar refractivity (Wildman–Crippen MR) is 94.8 cm³/mol. The molecule has 0 bridgehead atoms. The molecule has 0 saturated heterocycles. The van der Waals surface area contributed by atoms with E-state index in [2.05, 4.69) is 5.32 Å². The summed E-state index contributed by atoms with van der Waals surface area (Å²) in [6.07, 6.45) is 4.84. The van der Waals surface area contributed by atoms with Crippen molar-refractivity contribution in [2.24, 2.45) is 0 Å². The van der Waals surface area contributed by atoms with Crippen LogP contribution in [0.25, 0.3) is 0 Å². The molecule has 0 spiro atoms. The third kappa shape index (κ3) is 3.31. The van der Waals surface area contributed by atoms with Crippen LogP contribution in [0.1, 0.15) is 32.1 Å². The van der Waals surface area contributed by atoms with E-state index in [4.69, 9.17) is 21.1 Å². The Kier molecular flexibility index (Phi) is 5.18. The zero-order valence-electron chi connectivity index (χ0n) is 14.3. The molecule has 25 heavy (non-hydrogen) atoms. The van der Waals surface area contributed by atoms with Gasteiger partial charge in [-0.15, -0.1) is 0 Å². The van der Waals surface area contributed by atoms with Gasteiger partial charge in [0.1, 0.15) is 22.2 Å². The summed E-state index contributed by atoms with van der Waals surface area (Å²) < 4.78 is 10.5. The third-order valence-corrected chi connectivity index (χ3v) is 5.02. The number of carbonyl (C=O) groups is 2. The van der Waals surface area contributed by atoms with Gasteiger partial charge in [-0.2, -0.15) is 0 Å². The number of nitrogens with one attached hydrogen (secondary N) is 1. The van der Waals surface area contributed by atoms with Crippen molar-refractivity contribution in [3.05, 3.63) is 28.9 Å². The number of anilines is 1. The van der Waals surface area contributed by atoms with E-state index < -0.39 is 5.91 Å². The highest BCUT2D eigenvalue weighted by molar-refractivity contribution is 6.48. The first-order chi connectivity index (χ1) is 12.1. The summed E-state index contributed by atoms with van der Waals surface area (Å²) in [6, 6.07) is 5.08. The Hall–Kier alpha value is -2.21. The van der Waals surface area contributed by atoms with Crippen molar-refractivity contribution in [2.45, 2.75) is 38.1 Å². The quantitative estimate of drug-likeness (QED) is 0.812. The van der Waals surface area contributed by atoms with Crippen LogP contribution in [-0.2, 0) is 9.59 Å². The van der Waals surface area contributed by atoms with Gasteiger partial charge in [0.25, 0.3) is 11.8 Å². The van der Waals surface area contributed by atoms with Crippen molar-refractivity contribution in [2.75, 3.05) is 19.5 Å². The van der Waals surface area contributed by atoms with E-state index in [1.807, 2.05) is 0 Å². The second kappa shape index (κ2) is 7.35. The van der Waals surface area contributed by atoms with Gasteiger partial charge in [0.2, 0.25) is 0 Å². The Morgan fingerprint density at radius 3 is 2.44 bits per heavy atom. The Morgan fingerprint density at radius 1 is 1.08 bits per heavy atom. The molecule has 1 N–H and O–H groups in total. The maximum Gasteiger partial charge on any atom is 0.279 e. The minimum Gasteiger partial charge on any atom is -0.497 e. The minimum atomic E-state index is -0.428. The van der Waals surface area contributed by atoms with Crippen molar-refractivity contribution in [3.8, 4) is 11.5 Å². The fourth-order valence-electron chi connectivity index (χ4n) is 3.34. The summed E-state index contributed by atoms with van der Waals surface area (Å²) >= 11 is 6.19. The number of methoxy groups -OCH3 is 2. The molecule has 2 amide bonds. The summed E-state index contributed by atoms with van der Waals surface area (Å²) in [5.41, 5.74) is 0.602. The Balaban J connectivity index is 1.87. The van der Waals surface area contributed by atoms with Crippen LogP contribution in [0.15, 0.2) is 28.9 Å². The highest BCUT2D eigenvalue weighted by Gasteiger charge is 2.42. The minimum absolute atomic E-state index is 0.0750. The number of hydrogen-bond donors (Lipinski definition) is 1. The molecule has 0 unspecified atom stereocenters. The molecular formula is C18H21ClN2O4. The van der Waals surface area contributed by atoms with Gasteiger partial charge in [-0.05, 0) is 25.0 Å². The first-order valence-corrected chi connectivity index (χ1v) is 8.71. The summed E-state index contributed by atoms with van der Waals surface area (Å²) in [7, 11) is 3.08. The van der Waals surface area contributed by atoms with Gasteiger partial charge < -0.3 is 14.8 Å². The zero-order valence-corrected chi connectivity index (χ0v) is 15.1. The zero-order chi connectivity index (χ0) is 18.0. The molecule has 0 atom stereocenters. The SMILES string of the molecule is COc1ccc(OC)c(NC2=C(Cl)C(=O)N(C3CCCCC3)C2=O)c1. The van der Waals surface area contributed by atoms with E-state index in [0.29, 0.717) is 17.2 Å². The molecule has 7 heteroatoms. The van der Waals surface area contributed by atoms with Gasteiger partial charge in [-0.25, -0.2) is 0 Å². The molecule has 1 aromatic carbocycles. The standard InChI is InChI=1S/C18H21ClN2O4/c1-24-12-8-9-14(25-2)13(10-12)20-16-15(19)17(22)21(18(16)23)11-6-4-3-5-7-11/h8-11,20H,3-7H2,1-2H3. The molecule has 1 heterocycles. The van der Waals surface area contributed by atoms with E-state index in [-0.39, 0.29) is 22.7 Å². The smallest absolute Gasteiger partial charge is 0.279 e. The molecule has 1 saturated carbocycles.